The minimum Gasteiger partial charge on any atom is -0.466 e. The van der Waals surface area contributed by atoms with Crippen LogP contribution in [0.15, 0.2) is 24.3 Å². The fourth-order valence-corrected chi connectivity index (χ4v) is 9.16. The lowest BCUT2D eigenvalue weighted by molar-refractivity contribution is -0.143. The monoisotopic (exact) mass is 930 g/mol. The molecule has 0 aliphatic rings. The first-order valence-electron chi connectivity index (χ1n) is 29.6. The van der Waals surface area contributed by atoms with Gasteiger partial charge in [-0.3, -0.25) is 9.59 Å². The number of carbonyl (C=O) groups is 2. The predicted molar refractivity (Wildman–Crippen MR) is 287 cm³/mol. The summed E-state index contributed by atoms with van der Waals surface area (Å²) >= 11 is 0. The first-order valence-corrected chi connectivity index (χ1v) is 29.6. The van der Waals surface area contributed by atoms with E-state index in [1.807, 2.05) is 6.08 Å². The highest BCUT2D eigenvalue weighted by atomic mass is 16.5. The minimum atomic E-state index is -0.852. The van der Waals surface area contributed by atoms with Crippen LogP contribution < -0.4 is 5.32 Å². The molecule has 0 bridgehead atoms. The van der Waals surface area contributed by atoms with Gasteiger partial charge in [-0.25, -0.2) is 0 Å². The third-order valence-electron chi connectivity index (χ3n) is 13.7. The van der Waals surface area contributed by atoms with Gasteiger partial charge in [0.05, 0.1) is 25.4 Å². The summed E-state index contributed by atoms with van der Waals surface area (Å²) in [4.78, 5) is 24.5. The predicted octanol–water partition coefficient (Wildman–Crippen LogP) is 18.2. The molecule has 0 fully saturated rings. The van der Waals surface area contributed by atoms with Crippen molar-refractivity contribution in [2.45, 2.75) is 334 Å². The number of amides is 1. The van der Waals surface area contributed by atoms with Crippen molar-refractivity contribution in [2.24, 2.45) is 0 Å². The second kappa shape index (κ2) is 55.9. The molecule has 0 aliphatic carbocycles. The summed E-state index contributed by atoms with van der Waals surface area (Å²) in [6.07, 6.45) is 67.7. The molecule has 3 N–H and O–H groups in total. The average Bonchev–Trinajstić information content (AvgIpc) is 3.32. The molecule has 0 heterocycles. The molecular formula is C60H115NO5. The number of aliphatic hydroxyl groups excluding tert-OH is 2. The summed E-state index contributed by atoms with van der Waals surface area (Å²) < 4.78 is 5.46. The Bertz CT molecular complexity index is 1030. The summed E-state index contributed by atoms with van der Waals surface area (Å²) in [5.41, 5.74) is 0. The van der Waals surface area contributed by atoms with Crippen molar-refractivity contribution in [3.05, 3.63) is 24.3 Å². The van der Waals surface area contributed by atoms with Gasteiger partial charge in [0, 0.05) is 12.8 Å². The maximum absolute atomic E-state index is 12.5. The Morgan fingerprint density at radius 1 is 0.409 bits per heavy atom. The summed E-state index contributed by atoms with van der Waals surface area (Å²) in [7, 11) is 0. The molecule has 6 heteroatoms. The average molecular weight is 931 g/mol. The molecular weight excluding hydrogens is 815 g/mol. The zero-order chi connectivity index (χ0) is 47.9. The Morgan fingerprint density at radius 3 is 1.08 bits per heavy atom. The Hall–Kier alpha value is -1.66. The van der Waals surface area contributed by atoms with E-state index in [1.54, 1.807) is 6.08 Å². The van der Waals surface area contributed by atoms with E-state index in [0.29, 0.717) is 19.4 Å². The van der Waals surface area contributed by atoms with Gasteiger partial charge >= 0.3 is 5.97 Å². The second-order valence-corrected chi connectivity index (χ2v) is 20.3. The maximum atomic E-state index is 12.5. The smallest absolute Gasteiger partial charge is 0.305 e. The van der Waals surface area contributed by atoms with E-state index in [0.717, 1.165) is 57.8 Å². The molecule has 0 aliphatic heterocycles. The molecule has 0 saturated carbocycles. The molecule has 2 unspecified atom stereocenters. The third kappa shape index (κ3) is 51.7. The van der Waals surface area contributed by atoms with Crippen LogP contribution in [0.2, 0.25) is 0 Å². The van der Waals surface area contributed by atoms with Crippen molar-refractivity contribution in [2.75, 3.05) is 13.2 Å². The van der Waals surface area contributed by atoms with Gasteiger partial charge in [0.15, 0.2) is 0 Å². The van der Waals surface area contributed by atoms with E-state index >= 15 is 0 Å². The lowest BCUT2D eigenvalue weighted by atomic mass is 10.0. The molecule has 0 rings (SSSR count). The van der Waals surface area contributed by atoms with Crippen LogP contribution in [0.1, 0.15) is 322 Å². The number of aliphatic hydroxyl groups is 2. The number of rotatable bonds is 55. The Labute approximate surface area is 411 Å². The topological polar surface area (TPSA) is 95.9 Å². The van der Waals surface area contributed by atoms with Crippen molar-refractivity contribution in [1.29, 1.82) is 0 Å². The zero-order valence-corrected chi connectivity index (χ0v) is 44.4. The van der Waals surface area contributed by atoms with Gasteiger partial charge in [0.1, 0.15) is 0 Å². The normalized spacial score (nSPS) is 12.7. The zero-order valence-electron chi connectivity index (χ0n) is 44.4. The lowest BCUT2D eigenvalue weighted by Gasteiger charge is -2.20. The molecule has 0 saturated heterocycles. The number of esters is 1. The van der Waals surface area contributed by atoms with Gasteiger partial charge in [-0.2, -0.15) is 0 Å². The molecule has 6 nitrogen and oxygen atoms in total. The first-order chi connectivity index (χ1) is 32.5. The van der Waals surface area contributed by atoms with Crippen LogP contribution in [-0.4, -0.2) is 47.4 Å². The lowest BCUT2D eigenvalue weighted by Crippen LogP contribution is -2.45. The highest BCUT2D eigenvalue weighted by molar-refractivity contribution is 5.76. The van der Waals surface area contributed by atoms with Gasteiger partial charge in [0.25, 0.3) is 0 Å². The van der Waals surface area contributed by atoms with Gasteiger partial charge in [-0.1, -0.05) is 276 Å². The van der Waals surface area contributed by atoms with Crippen LogP contribution in [0.5, 0.6) is 0 Å². The van der Waals surface area contributed by atoms with Gasteiger partial charge in [-0.15, -0.1) is 0 Å². The molecule has 390 valence electrons. The van der Waals surface area contributed by atoms with Gasteiger partial charge in [-0.05, 0) is 57.8 Å². The summed E-state index contributed by atoms with van der Waals surface area (Å²) in [5.74, 6) is -0.0792. The maximum Gasteiger partial charge on any atom is 0.305 e. The minimum absolute atomic E-state index is 0.00174. The highest BCUT2D eigenvalue weighted by Gasteiger charge is 2.18. The fraction of sp³-hybridized carbons (Fsp3) is 0.900. The summed E-state index contributed by atoms with van der Waals surface area (Å²) in [5, 5.41) is 23.2. The standard InChI is InChI=1S/C60H115NO5/c1-3-5-7-9-11-13-15-17-18-19-20-21-23-26-29-32-36-40-44-48-52-58(63)57(56-62)61-59(64)53-49-45-41-37-33-30-27-24-22-25-28-31-35-39-43-47-51-55-66-60(65)54-50-46-42-38-34-16-14-12-10-8-6-4-2/h22,25,48,52,57-58,62-63H,3-21,23-24,26-47,49-51,53-56H2,1-2H3,(H,61,64)/b25-22-,52-48+. The van der Waals surface area contributed by atoms with Crippen molar-refractivity contribution >= 4 is 11.9 Å². The van der Waals surface area contributed by atoms with E-state index in [2.05, 4.69) is 31.3 Å². The Kier molecular flexibility index (Phi) is 54.5. The molecule has 0 radical (unpaired) electrons. The van der Waals surface area contributed by atoms with Crippen LogP contribution in [0, 0.1) is 0 Å². The number of ether oxygens (including phenoxy) is 1. The Morgan fingerprint density at radius 2 is 0.712 bits per heavy atom. The number of hydrogen-bond donors (Lipinski definition) is 3. The molecule has 0 aromatic carbocycles. The molecule has 1 amide bonds. The van der Waals surface area contributed by atoms with Crippen LogP contribution in [0.4, 0.5) is 0 Å². The van der Waals surface area contributed by atoms with E-state index in [-0.39, 0.29) is 18.5 Å². The molecule has 0 aromatic heterocycles. The number of nitrogens with one attached hydrogen (secondary N) is 1. The molecule has 66 heavy (non-hydrogen) atoms. The van der Waals surface area contributed by atoms with E-state index in [1.165, 1.54) is 238 Å². The summed E-state index contributed by atoms with van der Waals surface area (Å²) in [6.45, 7) is 4.90. The van der Waals surface area contributed by atoms with Crippen molar-refractivity contribution in [3.8, 4) is 0 Å². The second-order valence-electron chi connectivity index (χ2n) is 20.3. The molecule has 2 atom stereocenters. The number of hydrogen-bond acceptors (Lipinski definition) is 5. The largest absolute Gasteiger partial charge is 0.466 e. The summed E-state index contributed by atoms with van der Waals surface area (Å²) in [6, 6.07) is -0.637. The third-order valence-corrected chi connectivity index (χ3v) is 13.7. The van der Waals surface area contributed by atoms with Crippen LogP contribution >= 0.6 is 0 Å². The number of unbranched alkanes of at least 4 members (excludes halogenated alkanes) is 42. The van der Waals surface area contributed by atoms with E-state index in [4.69, 9.17) is 4.74 Å². The Balaban J connectivity index is 3.49. The van der Waals surface area contributed by atoms with Crippen molar-refractivity contribution in [1.82, 2.24) is 5.32 Å². The van der Waals surface area contributed by atoms with Crippen LogP contribution in [0.3, 0.4) is 0 Å². The van der Waals surface area contributed by atoms with E-state index < -0.39 is 12.1 Å². The number of allylic oxidation sites excluding steroid dienone is 3. The first kappa shape index (κ1) is 64.3. The van der Waals surface area contributed by atoms with Gasteiger partial charge in [0.2, 0.25) is 5.91 Å². The van der Waals surface area contributed by atoms with Crippen molar-refractivity contribution < 1.29 is 24.5 Å². The highest BCUT2D eigenvalue weighted by Crippen LogP contribution is 2.17. The van der Waals surface area contributed by atoms with Crippen LogP contribution in [-0.2, 0) is 14.3 Å². The molecule has 0 spiro atoms. The SMILES string of the molecule is CCCCCCCCCCCCCCCCCCCC/C=C/C(O)C(CO)NC(=O)CCCCCCCCC/C=C\CCCCCCCCOC(=O)CCCCCCCCCCCCCC. The van der Waals surface area contributed by atoms with Crippen LogP contribution in [0.25, 0.3) is 0 Å². The molecule has 0 aromatic rings. The van der Waals surface area contributed by atoms with Crippen molar-refractivity contribution in [3.63, 3.8) is 0 Å². The quantitative estimate of drug-likeness (QED) is 0.0321. The number of carbonyl (C=O) groups excluding carboxylic acids is 2. The fourth-order valence-electron chi connectivity index (χ4n) is 9.16. The van der Waals surface area contributed by atoms with Gasteiger partial charge < -0.3 is 20.3 Å². The van der Waals surface area contributed by atoms with E-state index in [9.17, 15) is 19.8 Å².